The van der Waals surface area contributed by atoms with Crippen molar-refractivity contribution in [3.63, 3.8) is 0 Å². The van der Waals surface area contributed by atoms with Crippen LogP contribution in [0.15, 0.2) is 22.7 Å². The van der Waals surface area contributed by atoms with Gasteiger partial charge in [0.2, 0.25) is 0 Å². The summed E-state index contributed by atoms with van der Waals surface area (Å²) in [7, 11) is 3.39. The van der Waals surface area contributed by atoms with Crippen molar-refractivity contribution in [2.75, 3.05) is 14.2 Å². The molecule has 1 N–H and O–H groups in total. The summed E-state index contributed by atoms with van der Waals surface area (Å²) in [6, 6.07) is 5.90. The van der Waals surface area contributed by atoms with Crippen molar-refractivity contribution in [2.45, 2.75) is 56.7 Å². The third kappa shape index (κ3) is 3.99. The van der Waals surface area contributed by atoms with E-state index in [0.29, 0.717) is 6.42 Å². The highest BCUT2D eigenvalue weighted by Crippen LogP contribution is 2.35. The quantitative estimate of drug-likeness (QED) is 0.807. The van der Waals surface area contributed by atoms with Crippen LogP contribution in [0.2, 0.25) is 0 Å². The van der Waals surface area contributed by atoms with E-state index >= 15 is 0 Å². The zero-order chi connectivity index (χ0) is 15.3. The molecule has 2 rings (SSSR count). The molecule has 0 radical (unpaired) electrons. The van der Waals surface area contributed by atoms with Gasteiger partial charge >= 0.3 is 0 Å². The van der Waals surface area contributed by atoms with E-state index in [0.717, 1.165) is 41.5 Å². The minimum atomic E-state index is -0.510. The van der Waals surface area contributed by atoms with Gasteiger partial charge in [-0.3, -0.25) is 0 Å². The Morgan fingerprint density at radius 2 is 1.86 bits per heavy atom. The fourth-order valence-electron chi connectivity index (χ4n) is 3.30. The Morgan fingerprint density at radius 1 is 1.19 bits per heavy atom. The molecule has 0 bridgehead atoms. The van der Waals surface area contributed by atoms with Gasteiger partial charge in [0.05, 0.1) is 18.8 Å². The number of ether oxygens (including phenoxy) is 2. The highest BCUT2D eigenvalue weighted by Gasteiger charge is 2.38. The number of benzene rings is 1. The maximum Gasteiger partial charge on any atom is 0.122 e. The lowest BCUT2D eigenvalue weighted by atomic mass is 9.84. The van der Waals surface area contributed by atoms with Crippen LogP contribution in [0.25, 0.3) is 0 Å². The largest absolute Gasteiger partial charge is 0.496 e. The molecule has 0 spiro atoms. The van der Waals surface area contributed by atoms with Crippen LogP contribution < -0.4 is 4.74 Å². The summed E-state index contributed by atoms with van der Waals surface area (Å²) in [5.74, 6) is 0.817. The van der Waals surface area contributed by atoms with Crippen LogP contribution in [0.3, 0.4) is 0 Å². The van der Waals surface area contributed by atoms with Crippen molar-refractivity contribution in [3.05, 3.63) is 28.2 Å². The van der Waals surface area contributed by atoms with Crippen molar-refractivity contribution < 1.29 is 14.6 Å². The van der Waals surface area contributed by atoms with Gasteiger partial charge in [0.1, 0.15) is 5.75 Å². The monoisotopic (exact) mass is 356 g/mol. The van der Waals surface area contributed by atoms with E-state index in [9.17, 15) is 5.11 Å². The van der Waals surface area contributed by atoms with E-state index in [2.05, 4.69) is 15.9 Å². The zero-order valence-electron chi connectivity index (χ0n) is 12.9. The Hall–Kier alpha value is -0.580. The number of rotatable bonds is 5. The van der Waals surface area contributed by atoms with E-state index in [4.69, 9.17) is 9.47 Å². The van der Waals surface area contributed by atoms with Crippen LogP contribution in [0, 0.1) is 0 Å². The van der Waals surface area contributed by atoms with Gasteiger partial charge in [0.25, 0.3) is 0 Å². The molecule has 0 aromatic heterocycles. The predicted octanol–water partition coefficient (Wildman–Crippen LogP) is 4.10. The SMILES string of the molecule is COc1ccc(Br)cc1CC(O)C1(OC)CCCCCC1. The molecule has 1 aromatic carbocycles. The molecule has 0 heterocycles. The standard InChI is InChI=1S/C17H25BrO3/c1-20-15-8-7-14(18)11-13(15)12-16(19)17(21-2)9-5-3-4-6-10-17/h7-8,11,16,19H,3-6,9-10,12H2,1-2H3. The molecule has 21 heavy (non-hydrogen) atoms. The summed E-state index contributed by atoms with van der Waals surface area (Å²) in [5.41, 5.74) is 0.601. The van der Waals surface area contributed by atoms with Crippen molar-refractivity contribution in [1.29, 1.82) is 0 Å². The fourth-order valence-corrected chi connectivity index (χ4v) is 3.71. The van der Waals surface area contributed by atoms with E-state index in [1.165, 1.54) is 12.8 Å². The highest BCUT2D eigenvalue weighted by molar-refractivity contribution is 9.10. The first-order valence-electron chi connectivity index (χ1n) is 7.67. The van der Waals surface area contributed by atoms with E-state index < -0.39 is 11.7 Å². The lowest BCUT2D eigenvalue weighted by Crippen LogP contribution is -2.45. The Balaban J connectivity index is 2.18. The number of aliphatic hydroxyl groups excluding tert-OH is 1. The molecule has 0 saturated heterocycles. The van der Waals surface area contributed by atoms with Crippen LogP contribution in [0.1, 0.15) is 44.1 Å². The molecule has 0 amide bonds. The lowest BCUT2D eigenvalue weighted by molar-refractivity contribution is -0.111. The molecule has 1 unspecified atom stereocenters. The Morgan fingerprint density at radius 3 is 2.43 bits per heavy atom. The number of methoxy groups -OCH3 is 2. The number of hydrogen-bond acceptors (Lipinski definition) is 3. The van der Waals surface area contributed by atoms with Gasteiger partial charge in [-0.15, -0.1) is 0 Å². The molecule has 0 aliphatic heterocycles. The Kier molecular flexibility index (Phi) is 6.08. The van der Waals surface area contributed by atoms with Crippen molar-refractivity contribution >= 4 is 15.9 Å². The van der Waals surface area contributed by atoms with Gasteiger partial charge in [-0.25, -0.2) is 0 Å². The van der Waals surface area contributed by atoms with Gasteiger partial charge in [-0.1, -0.05) is 41.6 Å². The minimum Gasteiger partial charge on any atom is -0.496 e. The molecule has 1 fully saturated rings. The average Bonchev–Trinajstić information content (AvgIpc) is 2.74. The van der Waals surface area contributed by atoms with Gasteiger partial charge in [-0.05, 0) is 36.6 Å². The van der Waals surface area contributed by atoms with Crippen molar-refractivity contribution in [3.8, 4) is 5.75 Å². The maximum absolute atomic E-state index is 10.8. The number of aliphatic hydroxyl groups is 1. The van der Waals surface area contributed by atoms with E-state index in [1.807, 2.05) is 18.2 Å². The second-order valence-corrected chi connectivity index (χ2v) is 6.77. The first-order chi connectivity index (χ1) is 10.1. The third-order valence-electron chi connectivity index (χ3n) is 4.62. The van der Waals surface area contributed by atoms with Gasteiger partial charge < -0.3 is 14.6 Å². The second kappa shape index (κ2) is 7.61. The predicted molar refractivity (Wildman–Crippen MR) is 87.8 cm³/mol. The number of halogens is 1. The molecule has 118 valence electrons. The molecule has 4 heteroatoms. The fraction of sp³-hybridized carbons (Fsp3) is 0.647. The van der Waals surface area contributed by atoms with Crippen LogP contribution in [0.5, 0.6) is 5.75 Å². The second-order valence-electron chi connectivity index (χ2n) is 5.86. The zero-order valence-corrected chi connectivity index (χ0v) is 14.5. The van der Waals surface area contributed by atoms with E-state index in [1.54, 1.807) is 14.2 Å². The Labute approximate surface area is 135 Å². The summed E-state index contributed by atoms with van der Waals surface area (Å²) >= 11 is 3.49. The van der Waals surface area contributed by atoms with E-state index in [-0.39, 0.29) is 0 Å². The molecule has 1 aromatic rings. The first kappa shape index (κ1) is 16.8. The van der Waals surface area contributed by atoms with Crippen LogP contribution in [-0.2, 0) is 11.2 Å². The number of hydrogen-bond donors (Lipinski definition) is 1. The topological polar surface area (TPSA) is 38.7 Å². The van der Waals surface area contributed by atoms with Crippen LogP contribution >= 0.6 is 15.9 Å². The van der Waals surface area contributed by atoms with Crippen LogP contribution in [0.4, 0.5) is 0 Å². The van der Waals surface area contributed by atoms with Crippen LogP contribution in [-0.4, -0.2) is 31.0 Å². The van der Waals surface area contributed by atoms with Crippen molar-refractivity contribution in [1.82, 2.24) is 0 Å². The summed E-state index contributed by atoms with van der Waals surface area (Å²) in [6.45, 7) is 0. The lowest BCUT2D eigenvalue weighted by Gasteiger charge is -2.36. The molecule has 1 aliphatic carbocycles. The maximum atomic E-state index is 10.8. The average molecular weight is 357 g/mol. The van der Waals surface area contributed by atoms with Gasteiger partial charge in [0.15, 0.2) is 0 Å². The summed E-state index contributed by atoms with van der Waals surface area (Å²) in [5, 5.41) is 10.8. The minimum absolute atomic E-state index is 0.413. The summed E-state index contributed by atoms with van der Waals surface area (Å²) in [6.07, 6.45) is 6.62. The molecular weight excluding hydrogens is 332 g/mol. The van der Waals surface area contributed by atoms with Gasteiger partial charge in [-0.2, -0.15) is 0 Å². The Bertz CT molecular complexity index is 453. The first-order valence-corrected chi connectivity index (χ1v) is 8.46. The smallest absolute Gasteiger partial charge is 0.122 e. The molecule has 3 nitrogen and oxygen atoms in total. The molecule has 1 atom stereocenters. The highest BCUT2D eigenvalue weighted by atomic mass is 79.9. The van der Waals surface area contributed by atoms with Crippen molar-refractivity contribution in [2.24, 2.45) is 0 Å². The molecular formula is C17H25BrO3. The third-order valence-corrected chi connectivity index (χ3v) is 5.11. The molecule has 1 saturated carbocycles. The molecule has 1 aliphatic rings. The van der Waals surface area contributed by atoms with Gasteiger partial charge in [0, 0.05) is 18.0 Å². The summed E-state index contributed by atoms with van der Waals surface area (Å²) in [4.78, 5) is 0. The normalized spacial score (nSPS) is 19.8. The summed E-state index contributed by atoms with van der Waals surface area (Å²) < 4.78 is 12.2.